The van der Waals surface area contributed by atoms with Gasteiger partial charge in [-0.15, -0.1) is 0 Å². The Balaban J connectivity index is 2.52. The van der Waals surface area contributed by atoms with Crippen LogP contribution >= 0.6 is 0 Å². The van der Waals surface area contributed by atoms with Crippen molar-refractivity contribution < 1.29 is 9.90 Å². The minimum absolute atomic E-state index is 0.132. The zero-order chi connectivity index (χ0) is 10.1. The topological polar surface area (TPSA) is 81.1 Å². The van der Waals surface area contributed by atoms with Crippen LogP contribution in [0, 0.1) is 0 Å². The minimum Gasteiger partial charge on any atom is -0.480 e. The highest BCUT2D eigenvalue weighted by Gasteiger charge is 2.05. The number of hydrogen-bond acceptors (Lipinski definition) is 3. The first-order valence-electron chi connectivity index (χ1n) is 4.09. The zero-order valence-electron chi connectivity index (χ0n) is 7.34. The number of carboxylic acids is 1. The normalized spacial score (nSPS) is 10.6. The van der Waals surface area contributed by atoms with Gasteiger partial charge >= 0.3 is 5.97 Å². The molecule has 1 heterocycles. The Morgan fingerprint density at radius 3 is 3.07 bits per heavy atom. The number of carbonyl (C=O) groups is 1. The van der Waals surface area contributed by atoms with E-state index in [1.54, 1.807) is 24.4 Å². The standard InChI is InChI=1S/C9H9N3O2/c10-7-1-2-8-6(3-7)4-11-12(8)5-9(13)14/h1-4H,5,10H2,(H,13,14). The van der Waals surface area contributed by atoms with E-state index in [9.17, 15) is 4.79 Å². The van der Waals surface area contributed by atoms with Crippen LogP contribution in [0.2, 0.25) is 0 Å². The molecular formula is C9H9N3O2. The predicted octanol–water partition coefficient (Wildman–Crippen LogP) is 0.703. The summed E-state index contributed by atoms with van der Waals surface area (Å²) >= 11 is 0. The first-order chi connectivity index (χ1) is 6.66. The van der Waals surface area contributed by atoms with Gasteiger partial charge in [-0.25, -0.2) is 0 Å². The van der Waals surface area contributed by atoms with Crippen molar-refractivity contribution in [2.75, 3.05) is 5.73 Å². The molecule has 0 aliphatic carbocycles. The van der Waals surface area contributed by atoms with E-state index in [-0.39, 0.29) is 6.54 Å². The number of fused-ring (bicyclic) bond motifs is 1. The quantitative estimate of drug-likeness (QED) is 0.685. The molecule has 0 bridgehead atoms. The van der Waals surface area contributed by atoms with Crippen molar-refractivity contribution >= 4 is 22.6 Å². The Labute approximate surface area is 79.7 Å². The van der Waals surface area contributed by atoms with Gasteiger partial charge in [-0.1, -0.05) is 0 Å². The van der Waals surface area contributed by atoms with Crippen molar-refractivity contribution in [2.24, 2.45) is 0 Å². The molecule has 14 heavy (non-hydrogen) atoms. The van der Waals surface area contributed by atoms with Crippen LogP contribution in [0.15, 0.2) is 24.4 Å². The van der Waals surface area contributed by atoms with E-state index < -0.39 is 5.97 Å². The highest BCUT2D eigenvalue weighted by molar-refractivity contribution is 5.83. The van der Waals surface area contributed by atoms with Crippen molar-refractivity contribution in [1.82, 2.24) is 9.78 Å². The van der Waals surface area contributed by atoms with Crippen molar-refractivity contribution in [2.45, 2.75) is 6.54 Å². The second kappa shape index (κ2) is 3.02. The maximum Gasteiger partial charge on any atom is 0.325 e. The molecule has 0 amide bonds. The van der Waals surface area contributed by atoms with Crippen molar-refractivity contribution in [3.8, 4) is 0 Å². The summed E-state index contributed by atoms with van der Waals surface area (Å²) in [6.07, 6.45) is 1.61. The van der Waals surface area contributed by atoms with Gasteiger partial charge in [0.2, 0.25) is 0 Å². The predicted molar refractivity (Wildman–Crippen MR) is 51.8 cm³/mol. The molecule has 1 aromatic carbocycles. The summed E-state index contributed by atoms with van der Waals surface area (Å²) in [5.74, 6) is -0.910. The Bertz CT molecular complexity index is 490. The number of aliphatic carboxylic acids is 1. The number of aromatic nitrogens is 2. The van der Waals surface area contributed by atoms with E-state index in [0.29, 0.717) is 5.69 Å². The molecule has 0 saturated carbocycles. The summed E-state index contributed by atoms with van der Waals surface area (Å²) in [5.41, 5.74) is 7.01. The summed E-state index contributed by atoms with van der Waals surface area (Å²) in [6, 6.07) is 5.25. The lowest BCUT2D eigenvalue weighted by molar-refractivity contribution is -0.137. The lowest BCUT2D eigenvalue weighted by Crippen LogP contribution is -2.09. The van der Waals surface area contributed by atoms with Gasteiger partial charge in [-0.3, -0.25) is 9.48 Å². The number of nitrogens with two attached hydrogens (primary N) is 1. The molecule has 5 nitrogen and oxygen atoms in total. The smallest absolute Gasteiger partial charge is 0.325 e. The molecule has 1 aromatic heterocycles. The summed E-state index contributed by atoms with van der Waals surface area (Å²) in [5, 5.41) is 13.4. The molecule has 0 radical (unpaired) electrons. The molecule has 72 valence electrons. The highest BCUT2D eigenvalue weighted by atomic mass is 16.4. The SMILES string of the molecule is Nc1ccc2c(cnn2CC(=O)O)c1. The van der Waals surface area contributed by atoms with Crippen LogP contribution in [0.3, 0.4) is 0 Å². The molecule has 0 atom stereocenters. The molecule has 0 fully saturated rings. The van der Waals surface area contributed by atoms with Gasteiger partial charge in [0.15, 0.2) is 0 Å². The minimum atomic E-state index is -0.910. The maximum atomic E-state index is 10.5. The molecule has 0 saturated heterocycles. The molecule has 2 rings (SSSR count). The lowest BCUT2D eigenvalue weighted by atomic mass is 10.2. The first kappa shape index (κ1) is 8.55. The Morgan fingerprint density at radius 1 is 1.57 bits per heavy atom. The molecule has 0 spiro atoms. The van der Waals surface area contributed by atoms with E-state index >= 15 is 0 Å². The number of hydrogen-bond donors (Lipinski definition) is 2. The van der Waals surface area contributed by atoms with Gasteiger partial charge in [0.05, 0.1) is 11.7 Å². The number of anilines is 1. The number of rotatable bonds is 2. The number of carboxylic acid groups (broad SMARTS) is 1. The van der Waals surface area contributed by atoms with Crippen molar-refractivity contribution in [3.63, 3.8) is 0 Å². The molecule has 0 unspecified atom stereocenters. The van der Waals surface area contributed by atoms with Gasteiger partial charge < -0.3 is 10.8 Å². The van der Waals surface area contributed by atoms with Crippen LogP contribution in [0.5, 0.6) is 0 Å². The molecular weight excluding hydrogens is 182 g/mol. The second-order valence-electron chi connectivity index (χ2n) is 3.01. The van der Waals surface area contributed by atoms with Gasteiger partial charge in [0.1, 0.15) is 6.54 Å². The van der Waals surface area contributed by atoms with Gasteiger partial charge in [0.25, 0.3) is 0 Å². The summed E-state index contributed by atoms with van der Waals surface area (Å²) in [4.78, 5) is 10.5. The fourth-order valence-electron chi connectivity index (χ4n) is 1.36. The Morgan fingerprint density at radius 2 is 2.36 bits per heavy atom. The average molecular weight is 191 g/mol. The molecule has 3 N–H and O–H groups in total. The van der Waals surface area contributed by atoms with E-state index in [2.05, 4.69) is 5.10 Å². The second-order valence-corrected chi connectivity index (χ2v) is 3.01. The van der Waals surface area contributed by atoms with Crippen LogP contribution in [0.25, 0.3) is 10.9 Å². The number of nitrogens with zero attached hydrogens (tertiary/aromatic N) is 2. The third-order valence-electron chi connectivity index (χ3n) is 1.95. The van der Waals surface area contributed by atoms with Gasteiger partial charge in [-0.05, 0) is 18.2 Å². The lowest BCUT2D eigenvalue weighted by Gasteiger charge is -1.98. The average Bonchev–Trinajstić information content (AvgIpc) is 2.47. The first-order valence-corrected chi connectivity index (χ1v) is 4.09. The largest absolute Gasteiger partial charge is 0.480 e. The number of benzene rings is 1. The monoisotopic (exact) mass is 191 g/mol. The zero-order valence-corrected chi connectivity index (χ0v) is 7.34. The van der Waals surface area contributed by atoms with Gasteiger partial charge in [0, 0.05) is 11.1 Å². The fourth-order valence-corrected chi connectivity index (χ4v) is 1.36. The highest BCUT2D eigenvalue weighted by Crippen LogP contribution is 2.16. The Kier molecular flexibility index (Phi) is 1.85. The molecule has 0 aliphatic heterocycles. The van der Waals surface area contributed by atoms with Crippen LogP contribution < -0.4 is 5.73 Å². The number of nitrogen functional groups attached to an aromatic ring is 1. The van der Waals surface area contributed by atoms with Crippen LogP contribution in [-0.4, -0.2) is 20.9 Å². The van der Waals surface area contributed by atoms with Gasteiger partial charge in [-0.2, -0.15) is 5.10 Å². The fraction of sp³-hybridized carbons (Fsp3) is 0.111. The molecule has 0 aliphatic rings. The van der Waals surface area contributed by atoms with E-state index in [1.165, 1.54) is 4.68 Å². The van der Waals surface area contributed by atoms with E-state index in [1.807, 2.05) is 0 Å². The summed E-state index contributed by atoms with van der Waals surface area (Å²) in [6.45, 7) is -0.132. The van der Waals surface area contributed by atoms with Crippen LogP contribution in [0.1, 0.15) is 0 Å². The summed E-state index contributed by atoms with van der Waals surface area (Å²) in [7, 11) is 0. The molecule has 5 heteroatoms. The third kappa shape index (κ3) is 1.39. The Hall–Kier alpha value is -2.04. The van der Waals surface area contributed by atoms with E-state index in [4.69, 9.17) is 10.8 Å². The maximum absolute atomic E-state index is 10.5. The van der Waals surface area contributed by atoms with Crippen molar-refractivity contribution in [3.05, 3.63) is 24.4 Å². The van der Waals surface area contributed by atoms with Crippen LogP contribution in [-0.2, 0) is 11.3 Å². The van der Waals surface area contributed by atoms with Crippen LogP contribution in [0.4, 0.5) is 5.69 Å². The summed E-state index contributed by atoms with van der Waals surface area (Å²) < 4.78 is 1.43. The van der Waals surface area contributed by atoms with Crippen molar-refractivity contribution in [1.29, 1.82) is 0 Å². The molecule has 2 aromatic rings. The third-order valence-corrected chi connectivity index (χ3v) is 1.95. The van der Waals surface area contributed by atoms with E-state index in [0.717, 1.165) is 10.9 Å².